The molecule has 6 rings (SSSR count). The Morgan fingerprint density at radius 1 is 1.00 bits per heavy atom. The number of imidazole rings is 1. The number of rotatable bonds is 8. The molecule has 0 atom stereocenters. The lowest BCUT2D eigenvalue weighted by Gasteiger charge is -2.42. The number of aromatic nitrogens is 4. The minimum absolute atomic E-state index is 0.336. The van der Waals surface area contributed by atoms with E-state index in [-0.39, 0.29) is 0 Å². The molecule has 0 unspecified atom stereocenters. The smallest absolute Gasteiger partial charge is 0.229 e. The molecule has 3 N–H and O–H groups in total. The van der Waals surface area contributed by atoms with Gasteiger partial charge < -0.3 is 34.7 Å². The number of aromatic amines is 1. The van der Waals surface area contributed by atoms with E-state index in [1.54, 1.807) is 26.8 Å². The molecule has 2 fully saturated rings. The first-order chi connectivity index (χ1) is 20.7. The van der Waals surface area contributed by atoms with Crippen molar-refractivity contribution < 1.29 is 9.30 Å². The quantitative estimate of drug-likeness (QED) is 0.233. The standard InChI is InChI=1S/C30H39ClN9O2P/c1-38-13-15-40(16-14-38)20-9-11-39(12-10-20)21-5-6-23(26(17-21)42-2)36-30-32-18-22(31)29(37-30)35-25-8-7-24-27(34-19-33-24)28(25)43(3,4)41/h5-8,17-20H,9-16H2,1-4H3,(H,33,34)(H2,32,35,36,37). The first kappa shape index (κ1) is 29.7. The Morgan fingerprint density at radius 2 is 1.74 bits per heavy atom. The molecule has 4 aromatic rings. The predicted octanol–water partition coefficient (Wildman–Crippen LogP) is 4.97. The maximum Gasteiger partial charge on any atom is 0.229 e. The second kappa shape index (κ2) is 12.3. The van der Waals surface area contributed by atoms with Gasteiger partial charge in [-0.2, -0.15) is 4.98 Å². The maximum atomic E-state index is 13.3. The van der Waals surface area contributed by atoms with Gasteiger partial charge in [-0.3, -0.25) is 4.90 Å². The summed E-state index contributed by atoms with van der Waals surface area (Å²) in [6.07, 6.45) is 5.47. The van der Waals surface area contributed by atoms with Gasteiger partial charge >= 0.3 is 0 Å². The summed E-state index contributed by atoms with van der Waals surface area (Å²) in [6, 6.07) is 10.6. The average molecular weight is 624 g/mol. The van der Waals surface area contributed by atoms with Crippen molar-refractivity contribution in [3.8, 4) is 5.75 Å². The number of likely N-dealkylation sites (N-methyl/N-ethyl adjacent to an activating group) is 1. The van der Waals surface area contributed by atoms with Crippen molar-refractivity contribution in [2.45, 2.75) is 18.9 Å². The summed E-state index contributed by atoms with van der Waals surface area (Å²) in [5.41, 5.74) is 4.00. The second-order valence-electron chi connectivity index (χ2n) is 11.7. The van der Waals surface area contributed by atoms with Gasteiger partial charge in [0.2, 0.25) is 5.95 Å². The molecule has 228 valence electrons. The van der Waals surface area contributed by atoms with Gasteiger partial charge in [0.05, 0.1) is 41.8 Å². The Bertz CT molecular complexity index is 1640. The summed E-state index contributed by atoms with van der Waals surface area (Å²) in [7, 11) is 1.17. The monoisotopic (exact) mass is 623 g/mol. The molecule has 2 saturated heterocycles. The number of hydrogen-bond donors (Lipinski definition) is 3. The third kappa shape index (κ3) is 6.45. The fourth-order valence-electron chi connectivity index (χ4n) is 6.06. The van der Waals surface area contributed by atoms with Gasteiger partial charge in [0.1, 0.15) is 23.4 Å². The van der Waals surface area contributed by atoms with Crippen LogP contribution in [-0.4, -0.2) is 103 Å². The molecule has 2 aliphatic rings. The lowest BCUT2D eigenvalue weighted by atomic mass is 10.0. The number of nitrogens with one attached hydrogen (secondary N) is 3. The Morgan fingerprint density at radius 3 is 2.47 bits per heavy atom. The van der Waals surface area contributed by atoms with Crippen LogP contribution in [0, 0.1) is 0 Å². The molecule has 13 heteroatoms. The number of halogens is 1. The van der Waals surface area contributed by atoms with Crippen LogP contribution in [0.1, 0.15) is 12.8 Å². The molecule has 0 bridgehead atoms. The molecule has 2 aliphatic heterocycles. The molecule has 0 radical (unpaired) electrons. The van der Waals surface area contributed by atoms with Gasteiger partial charge in [0, 0.05) is 57.1 Å². The number of nitrogens with zero attached hydrogens (tertiary/aromatic N) is 6. The summed E-state index contributed by atoms with van der Waals surface area (Å²) in [5, 5.41) is 7.53. The lowest BCUT2D eigenvalue weighted by molar-refractivity contribution is 0.0982. The predicted molar refractivity (Wildman–Crippen MR) is 176 cm³/mol. The van der Waals surface area contributed by atoms with Crippen LogP contribution in [-0.2, 0) is 4.57 Å². The van der Waals surface area contributed by atoms with E-state index in [0.717, 1.165) is 56.2 Å². The molecule has 43 heavy (non-hydrogen) atoms. The summed E-state index contributed by atoms with van der Waals surface area (Å²) in [4.78, 5) is 24.0. The minimum atomic E-state index is -2.70. The van der Waals surface area contributed by atoms with Crippen molar-refractivity contribution in [1.29, 1.82) is 0 Å². The largest absolute Gasteiger partial charge is 0.494 e. The van der Waals surface area contributed by atoms with Crippen molar-refractivity contribution in [2.75, 3.05) is 82.3 Å². The lowest BCUT2D eigenvalue weighted by Crippen LogP contribution is -2.52. The van der Waals surface area contributed by atoms with E-state index >= 15 is 0 Å². The molecule has 0 amide bonds. The van der Waals surface area contributed by atoms with E-state index in [2.05, 4.69) is 64.4 Å². The van der Waals surface area contributed by atoms with E-state index < -0.39 is 7.14 Å². The molecule has 0 saturated carbocycles. The summed E-state index contributed by atoms with van der Waals surface area (Å²) in [5.74, 6) is 1.45. The zero-order valence-electron chi connectivity index (χ0n) is 25.1. The number of piperazine rings is 1. The molecule has 0 spiro atoms. The van der Waals surface area contributed by atoms with Gasteiger partial charge in [-0.05, 0) is 57.5 Å². The normalized spacial score (nSPS) is 17.4. The van der Waals surface area contributed by atoms with E-state index in [9.17, 15) is 4.57 Å². The second-order valence-corrected chi connectivity index (χ2v) is 15.2. The van der Waals surface area contributed by atoms with Gasteiger partial charge in [-0.1, -0.05) is 11.6 Å². The Labute approximate surface area is 257 Å². The van der Waals surface area contributed by atoms with E-state index in [0.29, 0.717) is 45.1 Å². The Kier molecular flexibility index (Phi) is 8.51. The number of hydrogen-bond acceptors (Lipinski definition) is 10. The fourth-order valence-corrected chi connectivity index (χ4v) is 7.60. The molecule has 2 aromatic carbocycles. The van der Waals surface area contributed by atoms with Crippen molar-refractivity contribution >= 4 is 63.9 Å². The molecule has 0 aliphatic carbocycles. The van der Waals surface area contributed by atoms with Crippen molar-refractivity contribution in [3.63, 3.8) is 0 Å². The van der Waals surface area contributed by atoms with Gasteiger partial charge in [0.15, 0.2) is 5.82 Å². The number of piperidine rings is 1. The highest BCUT2D eigenvalue weighted by Gasteiger charge is 2.27. The van der Waals surface area contributed by atoms with Crippen LogP contribution in [0.4, 0.5) is 28.8 Å². The number of ether oxygens (including phenoxy) is 1. The number of methoxy groups -OCH3 is 1. The van der Waals surface area contributed by atoms with Crippen LogP contribution >= 0.6 is 18.7 Å². The Hall–Kier alpha value is -3.37. The SMILES string of the molecule is COc1cc(N2CCC(N3CCN(C)CC3)CC2)ccc1Nc1ncc(Cl)c(Nc2ccc3[nH]cnc3c2P(C)(C)=O)n1. The third-order valence-electron chi connectivity index (χ3n) is 8.42. The van der Waals surface area contributed by atoms with Crippen LogP contribution in [0.3, 0.4) is 0 Å². The molecule has 11 nitrogen and oxygen atoms in total. The fraction of sp³-hybridized carbons (Fsp3) is 0.433. The topological polar surface area (TPSA) is 115 Å². The molecule has 2 aromatic heterocycles. The van der Waals surface area contributed by atoms with E-state index in [1.807, 2.05) is 18.2 Å². The molecular weight excluding hydrogens is 585 g/mol. The van der Waals surface area contributed by atoms with Crippen LogP contribution in [0.25, 0.3) is 11.0 Å². The first-order valence-corrected chi connectivity index (χ1v) is 17.6. The van der Waals surface area contributed by atoms with Gasteiger partial charge in [-0.25, -0.2) is 9.97 Å². The van der Waals surface area contributed by atoms with Crippen molar-refractivity contribution in [2.24, 2.45) is 0 Å². The highest BCUT2D eigenvalue weighted by Crippen LogP contribution is 2.41. The maximum absolute atomic E-state index is 13.3. The van der Waals surface area contributed by atoms with Crippen LogP contribution in [0.15, 0.2) is 42.9 Å². The summed E-state index contributed by atoms with van der Waals surface area (Å²) in [6.45, 7) is 10.1. The van der Waals surface area contributed by atoms with Crippen LogP contribution in [0.5, 0.6) is 5.75 Å². The molecular formula is C30H39ClN9O2P. The number of anilines is 5. The zero-order chi connectivity index (χ0) is 30.1. The Balaban J connectivity index is 1.17. The highest BCUT2D eigenvalue weighted by atomic mass is 35.5. The summed E-state index contributed by atoms with van der Waals surface area (Å²) >= 11 is 6.50. The van der Waals surface area contributed by atoms with Crippen LogP contribution in [0.2, 0.25) is 5.02 Å². The number of fused-ring (bicyclic) bond motifs is 1. The van der Waals surface area contributed by atoms with Gasteiger partial charge in [0.25, 0.3) is 0 Å². The van der Waals surface area contributed by atoms with Crippen LogP contribution < -0.4 is 25.6 Å². The zero-order valence-corrected chi connectivity index (χ0v) is 26.8. The number of H-pyrrole nitrogens is 1. The van der Waals surface area contributed by atoms with Crippen molar-refractivity contribution in [1.82, 2.24) is 29.7 Å². The van der Waals surface area contributed by atoms with E-state index in [4.69, 9.17) is 16.3 Å². The average Bonchev–Trinajstić information content (AvgIpc) is 3.47. The molecule has 4 heterocycles. The first-order valence-electron chi connectivity index (χ1n) is 14.6. The highest BCUT2D eigenvalue weighted by molar-refractivity contribution is 7.71. The summed E-state index contributed by atoms with van der Waals surface area (Å²) < 4.78 is 19.0. The number of benzene rings is 2. The minimum Gasteiger partial charge on any atom is -0.494 e. The van der Waals surface area contributed by atoms with Gasteiger partial charge in [-0.15, -0.1) is 0 Å². The third-order valence-corrected chi connectivity index (χ3v) is 10.2. The van der Waals surface area contributed by atoms with Crippen molar-refractivity contribution in [3.05, 3.63) is 47.9 Å². The van der Waals surface area contributed by atoms with E-state index in [1.165, 1.54) is 19.0 Å².